The minimum Gasteiger partial charge on any atom is -0.481 e. The van der Waals surface area contributed by atoms with E-state index in [1.807, 2.05) is 7.05 Å². The van der Waals surface area contributed by atoms with Gasteiger partial charge in [0.05, 0.1) is 0 Å². The van der Waals surface area contributed by atoms with Crippen molar-refractivity contribution in [2.45, 2.75) is 19.4 Å². The van der Waals surface area contributed by atoms with Crippen LogP contribution in [0, 0.1) is 5.92 Å². The van der Waals surface area contributed by atoms with Crippen LogP contribution in [0.4, 0.5) is 0 Å². The number of carbonyl (C=O) groups is 2. The van der Waals surface area contributed by atoms with Gasteiger partial charge in [-0.05, 0) is 26.9 Å². The number of carboxylic acid groups (broad SMARTS) is 1. The molecule has 0 saturated carbocycles. The maximum absolute atomic E-state index is 11.7. The predicted octanol–water partition coefficient (Wildman–Crippen LogP) is -0.130. The number of carboxylic acids is 1. The molecule has 0 bridgehead atoms. The topological polar surface area (TPSA) is 60.9 Å². The summed E-state index contributed by atoms with van der Waals surface area (Å²) < 4.78 is 0. The van der Waals surface area contributed by atoms with Crippen molar-refractivity contribution in [3.63, 3.8) is 0 Å². The number of likely N-dealkylation sites (tertiary alicyclic amines) is 1. The normalized spacial score (nSPS) is 23.8. The van der Waals surface area contributed by atoms with E-state index in [2.05, 4.69) is 4.90 Å². The predicted molar refractivity (Wildman–Crippen MR) is 55.5 cm³/mol. The van der Waals surface area contributed by atoms with Gasteiger partial charge in [0.1, 0.15) is 5.92 Å². The van der Waals surface area contributed by atoms with E-state index in [-0.39, 0.29) is 11.9 Å². The number of aliphatic carboxylic acids is 1. The summed E-state index contributed by atoms with van der Waals surface area (Å²) in [5.41, 5.74) is 0. The van der Waals surface area contributed by atoms with Crippen LogP contribution in [-0.2, 0) is 9.59 Å². The number of likely N-dealkylation sites (N-methyl/N-ethyl adjacent to an activating group) is 2. The van der Waals surface area contributed by atoms with E-state index in [1.165, 1.54) is 6.92 Å². The van der Waals surface area contributed by atoms with E-state index in [4.69, 9.17) is 5.11 Å². The van der Waals surface area contributed by atoms with E-state index in [0.717, 1.165) is 19.5 Å². The molecule has 0 aromatic heterocycles. The second kappa shape index (κ2) is 4.61. The molecule has 1 saturated heterocycles. The van der Waals surface area contributed by atoms with Gasteiger partial charge in [-0.15, -0.1) is 0 Å². The molecule has 0 aliphatic carbocycles. The zero-order valence-electron chi connectivity index (χ0n) is 9.43. The van der Waals surface area contributed by atoms with Gasteiger partial charge in [0, 0.05) is 19.6 Å². The minimum absolute atomic E-state index is 0.157. The fourth-order valence-electron chi connectivity index (χ4n) is 1.82. The van der Waals surface area contributed by atoms with Crippen LogP contribution in [0.2, 0.25) is 0 Å². The Kier molecular flexibility index (Phi) is 3.68. The molecule has 0 radical (unpaired) electrons. The van der Waals surface area contributed by atoms with Gasteiger partial charge in [-0.3, -0.25) is 9.59 Å². The molecule has 1 rings (SSSR count). The summed E-state index contributed by atoms with van der Waals surface area (Å²) in [5.74, 6) is -2.30. The number of nitrogens with zero attached hydrogens (tertiary/aromatic N) is 2. The molecule has 0 spiro atoms. The second-order valence-corrected chi connectivity index (χ2v) is 4.21. The standard InChI is InChI=1S/C10H18N2O3/c1-7(10(14)15)9(13)12(3)8-4-5-11(2)6-8/h7-8H,4-6H2,1-3H3,(H,14,15). The second-order valence-electron chi connectivity index (χ2n) is 4.21. The molecule has 1 aliphatic rings. The summed E-state index contributed by atoms with van der Waals surface area (Å²) in [6.45, 7) is 3.22. The molecule has 1 N–H and O–H groups in total. The third-order valence-corrected chi connectivity index (χ3v) is 3.00. The largest absolute Gasteiger partial charge is 0.481 e. The maximum atomic E-state index is 11.7. The molecule has 0 aromatic carbocycles. The lowest BCUT2D eigenvalue weighted by molar-refractivity contribution is -0.150. The molecule has 1 heterocycles. The van der Waals surface area contributed by atoms with Crippen molar-refractivity contribution in [3.8, 4) is 0 Å². The number of hydrogen-bond acceptors (Lipinski definition) is 3. The Bertz CT molecular complexity index is 267. The van der Waals surface area contributed by atoms with Crippen molar-refractivity contribution in [1.29, 1.82) is 0 Å². The molecule has 15 heavy (non-hydrogen) atoms. The lowest BCUT2D eigenvalue weighted by Crippen LogP contribution is -2.43. The molecule has 1 aliphatic heterocycles. The molecule has 0 aromatic rings. The molecule has 2 atom stereocenters. The number of rotatable bonds is 3. The van der Waals surface area contributed by atoms with Crippen LogP contribution in [0.15, 0.2) is 0 Å². The highest BCUT2D eigenvalue weighted by Gasteiger charge is 2.31. The molecule has 1 fully saturated rings. The van der Waals surface area contributed by atoms with Crippen LogP contribution in [0.5, 0.6) is 0 Å². The Labute approximate surface area is 89.7 Å². The first kappa shape index (κ1) is 12.0. The fraction of sp³-hybridized carbons (Fsp3) is 0.800. The van der Waals surface area contributed by atoms with Gasteiger partial charge in [0.2, 0.25) is 5.91 Å². The molecule has 5 heteroatoms. The van der Waals surface area contributed by atoms with Gasteiger partial charge < -0.3 is 14.9 Å². The molecule has 86 valence electrons. The van der Waals surface area contributed by atoms with Crippen molar-refractivity contribution in [1.82, 2.24) is 9.80 Å². The van der Waals surface area contributed by atoms with E-state index in [0.29, 0.717) is 0 Å². The van der Waals surface area contributed by atoms with E-state index >= 15 is 0 Å². The fourth-order valence-corrected chi connectivity index (χ4v) is 1.82. The molecule has 2 unspecified atom stereocenters. The van der Waals surface area contributed by atoms with E-state index in [9.17, 15) is 9.59 Å². The minimum atomic E-state index is -1.06. The summed E-state index contributed by atoms with van der Waals surface area (Å²) >= 11 is 0. The first-order valence-electron chi connectivity index (χ1n) is 5.11. The van der Waals surface area contributed by atoms with Gasteiger partial charge in [-0.2, -0.15) is 0 Å². The van der Waals surface area contributed by atoms with Crippen LogP contribution in [0.3, 0.4) is 0 Å². The quantitative estimate of drug-likeness (QED) is 0.665. The summed E-state index contributed by atoms with van der Waals surface area (Å²) in [7, 11) is 3.69. The average molecular weight is 214 g/mol. The van der Waals surface area contributed by atoms with Crippen LogP contribution in [0.1, 0.15) is 13.3 Å². The third-order valence-electron chi connectivity index (χ3n) is 3.00. The third kappa shape index (κ3) is 2.68. The zero-order valence-corrected chi connectivity index (χ0v) is 9.43. The van der Waals surface area contributed by atoms with Crippen LogP contribution in [0.25, 0.3) is 0 Å². The highest BCUT2D eigenvalue weighted by atomic mass is 16.4. The Hall–Kier alpha value is -1.10. The lowest BCUT2D eigenvalue weighted by atomic mass is 10.1. The van der Waals surface area contributed by atoms with Crippen molar-refractivity contribution in [3.05, 3.63) is 0 Å². The smallest absolute Gasteiger partial charge is 0.315 e. The van der Waals surface area contributed by atoms with Crippen LogP contribution < -0.4 is 0 Å². The molecule has 5 nitrogen and oxygen atoms in total. The summed E-state index contributed by atoms with van der Waals surface area (Å²) in [4.78, 5) is 26.1. The monoisotopic (exact) mass is 214 g/mol. The van der Waals surface area contributed by atoms with Crippen molar-refractivity contribution in [2.75, 3.05) is 27.2 Å². The Morgan fingerprint density at radius 3 is 2.53 bits per heavy atom. The lowest BCUT2D eigenvalue weighted by Gasteiger charge is -2.25. The number of hydrogen-bond donors (Lipinski definition) is 1. The molecular weight excluding hydrogens is 196 g/mol. The van der Waals surface area contributed by atoms with E-state index < -0.39 is 11.9 Å². The number of amides is 1. The van der Waals surface area contributed by atoms with Crippen LogP contribution >= 0.6 is 0 Å². The van der Waals surface area contributed by atoms with Crippen molar-refractivity contribution < 1.29 is 14.7 Å². The molecular formula is C10H18N2O3. The first-order valence-corrected chi connectivity index (χ1v) is 5.11. The van der Waals surface area contributed by atoms with Gasteiger partial charge in [0.25, 0.3) is 0 Å². The SMILES string of the molecule is CC(C(=O)O)C(=O)N(C)C1CCN(C)C1. The first-order chi connectivity index (χ1) is 6.93. The van der Waals surface area contributed by atoms with Crippen molar-refractivity contribution >= 4 is 11.9 Å². The average Bonchev–Trinajstić information content (AvgIpc) is 2.61. The Morgan fingerprint density at radius 2 is 2.13 bits per heavy atom. The highest BCUT2D eigenvalue weighted by Crippen LogP contribution is 2.14. The Balaban J connectivity index is 2.56. The summed E-state index contributed by atoms with van der Waals surface area (Å²) in [5, 5.41) is 8.74. The highest BCUT2D eigenvalue weighted by molar-refractivity contribution is 5.96. The summed E-state index contributed by atoms with van der Waals surface area (Å²) in [6.07, 6.45) is 0.922. The van der Waals surface area contributed by atoms with Gasteiger partial charge in [-0.25, -0.2) is 0 Å². The van der Waals surface area contributed by atoms with E-state index in [1.54, 1.807) is 11.9 Å². The van der Waals surface area contributed by atoms with Gasteiger partial charge in [-0.1, -0.05) is 0 Å². The van der Waals surface area contributed by atoms with Gasteiger partial charge in [0.15, 0.2) is 0 Å². The summed E-state index contributed by atoms with van der Waals surface area (Å²) in [6, 6.07) is 0.157. The van der Waals surface area contributed by atoms with Crippen molar-refractivity contribution in [2.24, 2.45) is 5.92 Å². The maximum Gasteiger partial charge on any atom is 0.315 e. The Morgan fingerprint density at radius 1 is 1.53 bits per heavy atom. The van der Waals surface area contributed by atoms with Gasteiger partial charge >= 0.3 is 5.97 Å². The van der Waals surface area contributed by atoms with Crippen LogP contribution in [-0.4, -0.2) is 60.0 Å². The molecule has 1 amide bonds. The zero-order chi connectivity index (χ0) is 11.6. The number of carbonyl (C=O) groups excluding carboxylic acids is 1.